The second kappa shape index (κ2) is 4.56. The minimum atomic E-state index is 0.708. The first kappa shape index (κ1) is 11.9. The highest BCUT2D eigenvalue weighted by Crippen LogP contribution is 2.29. The molecule has 0 fully saturated rings. The number of pyridine rings is 1. The summed E-state index contributed by atoms with van der Waals surface area (Å²) < 4.78 is 1.74. The maximum atomic E-state index is 6.51. The van der Waals surface area contributed by atoms with E-state index in [2.05, 4.69) is 10.1 Å². The topological polar surface area (TPSA) is 43.1 Å². The van der Waals surface area contributed by atoms with Gasteiger partial charge in [0, 0.05) is 35.3 Å². The van der Waals surface area contributed by atoms with Gasteiger partial charge in [0.25, 0.3) is 0 Å². The van der Waals surface area contributed by atoms with Crippen LogP contribution in [0.25, 0.3) is 16.9 Å². The van der Waals surface area contributed by atoms with Crippen LogP contribution in [0.4, 0.5) is 0 Å². The Balaban J connectivity index is 1.93. The Morgan fingerprint density at radius 3 is 2.95 bits per heavy atom. The van der Waals surface area contributed by atoms with Crippen LogP contribution in [0.5, 0.6) is 0 Å². The lowest BCUT2D eigenvalue weighted by atomic mass is 9.97. The van der Waals surface area contributed by atoms with Crippen molar-refractivity contribution < 1.29 is 0 Å². The molecule has 0 atom stereocenters. The first-order valence-electron chi connectivity index (χ1n) is 6.80. The quantitative estimate of drug-likeness (QED) is 0.644. The van der Waals surface area contributed by atoms with Crippen molar-refractivity contribution in [3.63, 3.8) is 0 Å². The summed E-state index contributed by atoms with van der Waals surface area (Å²) in [7, 11) is 0. The first-order chi connectivity index (χ1) is 9.83. The fraction of sp³-hybridized carbons (Fsp3) is 0.267. The van der Waals surface area contributed by atoms with Crippen molar-refractivity contribution in [2.24, 2.45) is 0 Å². The van der Waals surface area contributed by atoms with E-state index in [1.807, 2.05) is 18.2 Å². The number of rotatable bonds is 1. The molecule has 0 saturated carbocycles. The van der Waals surface area contributed by atoms with E-state index in [4.69, 9.17) is 16.6 Å². The van der Waals surface area contributed by atoms with Gasteiger partial charge in [0.1, 0.15) is 5.15 Å². The molecule has 0 saturated heterocycles. The first-order valence-corrected chi connectivity index (χ1v) is 7.18. The molecule has 0 bridgehead atoms. The molecular weight excluding hydrogens is 272 g/mol. The third kappa shape index (κ3) is 1.79. The van der Waals surface area contributed by atoms with Gasteiger partial charge in [0.05, 0.1) is 5.69 Å². The number of nitrogens with zero attached hydrogens (tertiary/aromatic N) is 4. The fourth-order valence-corrected chi connectivity index (χ4v) is 3.08. The van der Waals surface area contributed by atoms with Gasteiger partial charge in [0.2, 0.25) is 0 Å². The Labute approximate surface area is 121 Å². The number of hydrogen-bond acceptors (Lipinski definition) is 3. The summed E-state index contributed by atoms with van der Waals surface area (Å²) in [6, 6.07) is 5.86. The molecular formula is C15H13ClN4. The van der Waals surface area contributed by atoms with Gasteiger partial charge in [-0.05, 0) is 37.8 Å². The van der Waals surface area contributed by atoms with Crippen LogP contribution in [-0.4, -0.2) is 19.6 Å². The Morgan fingerprint density at radius 2 is 2.10 bits per heavy atom. The van der Waals surface area contributed by atoms with Crippen molar-refractivity contribution in [3.8, 4) is 11.3 Å². The fourth-order valence-electron chi connectivity index (χ4n) is 2.75. The van der Waals surface area contributed by atoms with E-state index in [-0.39, 0.29) is 0 Å². The van der Waals surface area contributed by atoms with E-state index in [1.54, 1.807) is 16.9 Å². The van der Waals surface area contributed by atoms with E-state index >= 15 is 0 Å². The monoisotopic (exact) mass is 284 g/mol. The van der Waals surface area contributed by atoms with Gasteiger partial charge in [-0.2, -0.15) is 5.10 Å². The van der Waals surface area contributed by atoms with E-state index in [0.717, 1.165) is 41.0 Å². The smallest absolute Gasteiger partial charge is 0.157 e. The Kier molecular flexibility index (Phi) is 2.70. The van der Waals surface area contributed by atoms with Crippen LogP contribution in [-0.2, 0) is 12.8 Å². The molecule has 3 aromatic heterocycles. The van der Waals surface area contributed by atoms with E-state index in [1.165, 1.54) is 12.8 Å². The number of aromatic nitrogens is 4. The Bertz CT molecular complexity index is 779. The lowest BCUT2D eigenvalue weighted by Gasteiger charge is -2.16. The predicted octanol–water partition coefficient (Wildman–Crippen LogP) is 3.32. The maximum absolute atomic E-state index is 6.51. The molecule has 0 aliphatic heterocycles. The molecule has 4 nitrogen and oxygen atoms in total. The highest BCUT2D eigenvalue weighted by Gasteiger charge is 2.18. The molecule has 5 heteroatoms. The van der Waals surface area contributed by atoms with Crippen molar-refractivity contribution >= 4 is 17.2 Å². The highest BCUT2D eigenvalue weighted by atomic mass is 35.5. The standard InChI is InChI=1S/C15H13ClN4/c16-15-11-5-1-2-6-12(11)18-14-8-13(19-20(14)15)10-4-3-7-17-9-10/h3-4,7-9H,1-2,5-6H2. The summed E-state index contributed by atoms with van der Waals surface area (Å²) in [6.07, 6.45) is 7.93. The lowest BCUT2D eigenvalue weighted by Crippen LogP contribution is -2.09. The van der Waals surface area contributed by atoms with E-state index < -0.39 is 0 Å². The zero-order chi connectivity index (χ0) is 13.5. The van der Waals surface area contributed by atoms with Gasteiger partial charge >= 0.3 is 0 Å². The van der Waals surface area contributed by atoms with Crippen LogP contribution in [0.2, 0.25) is 5.15 Å². The van der Waals surface area contributed by atoms with Crippen molar-refractivity contribution in [2.75, 3.05) is 0 Å². The maximum Gasteiger partial charge on any atom is 0.157 e. The molecule has 100 valence electrons. The summed E-state index contributed by atoms with van der Waals surface area (Å²) in [5, 5.41) is 5.28. The predicted molar refractivity (Wildman–Crippen MR) is 77.9 cm³/mol. The second-order valence-electron chi connectivity index (χ2n) is 5.08. The van der Waals surface area contributed by atoms with Crippen molar-refractivity contribution in [2.45, 2.75) is 25.7 Å². The van der Waals surface area contributed by atoms with Crippen LogP contribution in [0, 0.1) is 0 Å². The molecule has 0 radical (unpaired) electrons. The third-order valence-corrected chi connectivity index (χ3v) is 4.16. The van der Waals surface area contributed by atoms with Gasteiger partial charge in [-0.25, -0.2) is 9.50 Å². The molecule has 4 rings (SSSR count). The number of fused-ring (bicyclic) bond motifs is 2. The number of hydrogen-bond donors (Lipinski definition) is 0. The van der Waals surface area contributed by atoms with Gasteiger partial charge in [0.15, 0.2) is 5.65 Å². The zero-order valence-corrected chi connectivity index (χ0v) is 11.6. The van der Waals surface area contributed by atoms with Crippen molar-refractivity contribution in [1.29, 1.82) is 0 Å². The third-order valence-electron chi connectivity index (χ3n) is 3.77. The highest BCUT2D eigenvalue weighted by molar-refractivity contribution is 6.30. The van der Waals surface area contributed by atoms with Crippen LogP contribution in [0.15, 0.2) is 30.6 Å². The molecule has 20 heavy (non-hydrogen) atoms. The average molecular weight is 285 g/mol. The van der Waals surface area contributed by atoms with Crippen LogP contribution >= 0.6 is 11.6 Å². The largest absolute Gasteiger partial charge is 0.264 e. The normalized spacial score (nSPS) is 14.4. The SMILES string of the molecule is Clc1c2c(nc3cc(-c4cccnc4)nn13)CCCC2. The number of halogens is 1. The minimum Gasteiger partial charge on any atom is -0.264 e. The van der Waals surface area contributed by atoms with Crippen LogP contribution < -0.4 is 0 Å². The molecule has 0 aromatic carbocycles. The average Bonchev–Trinajstić information content (AvgIpc) is 2.93. The number of aryl methyl sites for hydroxylation is 1. The van der Waals surface area contributed by atoms with Crippen LogP contribution in [0.1, 0.15) is 24.1 Å². The molecule has 1 aliphatic carbocycles. The molecule has 0 spiro atoms. The molecule has 3 heterocycles. The minimum absolute atomic E-state index is 0.708. The van der Waals surface area contributed by atoms with Crippen LogP contribution in [0.3, 0.4) is 0 Å². The lowest BCUT2D eigenvalue weighted by molar-refractivity contribution is 0.660. The summed E-state index contributed by atoms with van der Waals surface area (Å²) in [5.41, 5.74) is 4.94. The van der Waals surface area contributed by atoms with Gasteiger partial charge in [-0.1, -0.05) is 11.6 Å². The molecule has 0 amide bonds. The molecule has 0 unspecified atom stereocenters. The summed E-state index contributed by atoms with van der Waals surface area (Å²) >= 11 is 6.51. The summed E-state index contributed by atoms with van der Waals surface area (Å²) in [5.74, 6) is 0. The molecule has 0 N–H and O–H groups in total. The van der Waals surface area contributed by atoms with Gasteiger partial charge in [-0.15, -0.1) is 0 Å². The molecule has 3 aromatic rings. The summed E-state index contributed by atoms with van der Waals surface area (Å²) in [6.45, 7) is 0. The van der Waals surface area contributed by atoms with Gasteiger partial charge in [-0.3, -0.25) is 4.98 Å². The summed E-state index contributed by atoms with van der Waals surface area (Å²) in [4.78, 5) is 8.85. The second-order valence-corrected chi connectivity index (χ2v) is 5.43. The molecule has 1 aliphatic rings. The van der Waals surface area contributed by atoms with Gasteiger partial charge < -0.3 is 0 Å². The van der Waals surface area contributed by atoms with E-state index in [9.17, 15) is 0 Å². The Morgan fingerprint density at radius 1 is 1.20 bits per heavy atom. The Hall–Kier alpha value is -1.94. The van der Waals surface area contributed by atoms with E-state index in [0.29, 0.717) is 5.15 Å². The van der Waals surface area contributed by atoms with Crippen molar-refractivity contribution in [1.82, 2.24) is 19.6 Å². The zero-order valence-electron chi connectivity index (χ0n) is 10.9. The van der Waals surface area contributed by atoms with Crippen molar-refractivity contribution in [3.05, 3.63) is 47.0 Å².